The Morgan fingerprint density at radius 2 is 1.24 bits per heavy atom. The SMILES string of the molecule is c1ccc(-c2ccc(-c3ccc4c(c3)-c3c(ccc5ccccc35)C43C4CC5CC(C4)CC3C5)c3ncccc23)cc1. The number of rotatable bonds is 2. The molecule has 1 aromatic heterocycles. The van der Waals surface area contributed by atoms with E-state index in [1.54, 1.807) is 11.1 Å². The van der Waals surface area contributed by atoms with Crippen molar-refractivity contribution in [2.24, 2.45) is 23.7 Å². The van der Waals surface area contributed by atoms with Crippen molar-refractivity contribution in [1.82, 2.24) is 4.98 Å². The summed E-state index contributed by atoms with van der Waals surface area (Å²) in [5, 5.41) is 3.99. The van der Waals surface area contributed by atoms with Crippen LogP contribution >= 0.6 is 0 Å². The number of pyridine rings is 1. The summed E-state index contributed by atoms with van der Waals surface area (Å²) in [7, 11) is 0. The number of fused-ring (bicyclic) bond motifs is 6. The average Bonchev–Trinajstić information content (AvgIpc) is 3.34. The number of aromatic nitrogens is 1. The fourth-order valence-corrected chi connectivity index (χ4v) is 10.4. The van der Waals surface area contributed by atoms with E-state index in [4.69, 9.17) is 4.98 Å². The summed E-state index contributed by atoms with van der Waals surface area (Å²) < 4.78 is 0. The second-order valence-electron chi connectivity index (χ2n) is 13.6. The van der Waals surface area contributed by atoms with Crippen molar-refractivity contribution in [3.05, 3.63) is 127 Å². The molecule has 4 fully saturated rings. The highest BCUT2D eigenvalue weighted by atomic mass is 14.7. The molecule has 4 saturated carbocycles. The molecule has 0 unspecified atom stereocenters. The van der Waals surface area contributed by atoms with E-state index in [0.29, 0.717) is 0 Å². The maximum atomic E-state index is 4.97. The van der Waals surface area contributed by atoms with Crippen molar-refractivity contribution in [1.29, 1.82) is 0 Å². The van der Waals surface area contributed by atoms with Crippen molar-refractivity contribution < 1.29 is 0 Å². The summed E-state index contributed by atoms with van der Waals surface area (Å²) in [6.07, 6.45) is 9.08. The minimum absolute atomic E-state index is 0.179. The van der Waals surface area contributed by atoms with E-state index in [2.05, 4.69) is 109 Å². The third-order valence-corrected chi connectivity index (χ3v) is 11.7. The molecule has 1 spiro atoms. The van der Waals surface area contributed by atoms with Crippen LogP contribution in [0.15, 0.2) is 115 Å². The van der Waals surface area contributed by atoms with E-state index >= 15 is 0 Å². The van der Waals surface area contributed by atoms with Gasteiger partial charge >= 0.3 is 0 Å². The van der Waals surface area contributed by atoms with Gasteiger partial charge in [0.15, 0.2) is 0 Å². The lowest BCUT2D eigenvalue weighted by Crippen LogP contribution is -2.55. The quantitative estimate of drug-likeness (QED) is 0.213. The van der Waals surface area contributed by atoms with E-state index in [1.807, 2.05) is 6.20 Å². The number of hydrogen-bond acceptors (Lipinski definition) is 1. The van der Waals surface area contributed by atoms with Gasteiger partial charge in [-0.25, -0.2) is 0 Å². The van der Waals surface area contributed by atoms with Crippen molar-refractivity contribution in [3.8, 4) is 33.4 Å². The minimum atomic E-state index is 0.179. The topological polar surface area (TPSA) is 12.9 Å². The van der Waals surface area contributed by atoms with Gasteiger partial charge in [0.2, 0.25) is 0 Å². The molecule has 1 nitrogen and oxygen atoms in total. The second-order valence-corrected chi connectivity index (χ2v) is 13.6. The summed E-state index contributed by atoms with van der Waals surface area (Å²) in [6.45, 7) is 0. The molecule has 5 aromatic carbocycles. The molecule has 0 radical (unpaired) electrons. The maximum absolute atomic E-state index is 4.97. The molecule has 0 saturated heterocycles. The molecule has 1 heterocycles. The largest absolute Gasteiger partial charge is 0.256 e. The number of nitrogens with zero attached hydrogens (tertiary/aromatic N) is 1. The van der Waals surface area contributed by atoms with E-state index in [9.17, 15) is 0 Å². The van der Waals surface area contributed by atoms with Gasteiger partial charge in [-0.1, -0.05) is 97.1 Å². The summed E-state index contributed by atoms with van der Waals surface area (Å²) in [6, 6.07) is 41.1. The van der Waals surface area contributed by atoms with Crippen LogP contribution in [0.25, 0.3) is 55.1 Å². The first kappa shape index (κ1) is 23.3. The molecule has 6 aromatic rings. The Kier molecular flexibility index (Phi) is 4.68. The number of hydrogen-bond donors (Lipinski definition) is 0. The predicted octanol–water partition coefficient (Wildman–Crippen LogP) is 10.4. The molecule has 42 heavy (non-hydrogen) atoms. The van der Waals surface area contributed by atoms with Crippen molar-refractivity contribution in [3.63, 3.8) is 0 Å². The Balaban J connectivity index is 1.23. The summed E-state index contributed by atoms with van der Waals surface area (Å²) in [5.74, 6) is 3.44. The zero-order chi connectivity index (χ0) is 27.4. The normalized spacial score (nSPS) is 26.7. The fourth-order valence-electron chi connectivity index (χ4n) is 10.4. The Morgan fingerprint density at radius 1 is 0.524 bits per heavy atom. The Labute approximate surface area is 247 Å². The van der Waals surface area contributed by atoms with Gasteiger partial charge in [-0.15, -0.1) is 0 Å². The molecule has 0 N–H and O–H groups in total. The first-order chi connectivity index (χ1) is 20.8. The lowest BCUT2D eigenvalue weighted by molar-refractivity contribution is -0.0399. The molecular formula is C41H33N. The summed E-state index contributed by atoms with van der Waals surface area (Å²) >= 11 is 0. The van der Waals surface area contributed by atoms with Crippen LogP contribution in [0.4, 0.5) is 0 Å². The zero-order valence-corrected chi connectivity index (χ0v) is 23.8. The van der Waals surface area contributed by atoms with Crippen molar-refractivity contribution in [2.45, 2.75) is 37.5 Å². The van der Waals surface area contributed by atoms with Crippen LogP contribution in [0.5, 0.6) is 0 Å². The standard InChI is InChI=1S/C41H33N/c1-2-7-27(8-3-1)32-14-15-34(40-35(32)11-6-18-42-40)29-13-16-37-36(24-29)39-33-10-5-4-9-28(33)12-17-38(39)41(37)30-20-25-19-26(22-30)23-31(41)21-25/h1-18,24-26,30-31H,19-23H2. The van der Waals surface area contributed by atoms with Crippen LogP contribution < -0.4 is 0 Å². The third kappa shape index (κ3) is 2.96. The molecule has 0 aliphatic heterocycles. The van der Waals surface area contributed by atoms with Gasteiger partial charge in [-0.05, 0) is 118 Å². The molecule has 4 bridgehead atoms. The third-order valence-electron chi connectivity index (χ3n) is 11.7. The maximum Gasteiger partial charge on any atom is 0.0786 e. The fraction of sp³-hybridized carbons (Fsp3) is 0.244. The van der Waals surface area contributed by atoms with E-state index in [0.717, 1.165) is 29.2 Å². The molecule has 11 rings (SSSR count). The Bertz CT molecular complexity index is 2020. The first-order valence-corrected chi connectivity index (χ1v) is 15.9. The second kappa shape index (κ2) is 8.42. The van der Waals surface area contributed by atoms with Crippen LogP contribution in [0, 0.1) is 23.7 Å². The highest BCUT2D eigenvalue weighted by Crippen LogP contribution is 2.70. The van der Waals surface area contributed by atoms with Crippen LogP contribution in [0.2, 0.25) is 0 Å². The van der Waals surface area contributed by atoms with E-state index < -0.39 is 0 Å². The molecule has 0 amide bonds. The van der Waals surface area contributed by atoms with Crippen LogP contribution in [-0.4, -0.2) is 4.98 Å². The lowest BCUT2D eigenvalue weighted by atomic mass is 9.43. The Morgan fingerprint density at radius 3 is 2.07 bits per heavy atom. The van der Waals surface area contributed by atoms with Gasteiger partial charge in [0.1, 0.15) is 0 Å². The van der Waals surface area contributed by atoms with Crippen LogP contribution in [0.3, 0.4) is 0 Å². The summed E-state index contributed by atoms with van der Waals surface area (Å²) in [5.41, 5.74) is 12.5. The smallest absolute Gasteiger partial charge is 0.0786 e. The van der Waals surface area contributed by atoms with Crippen molar-refractivity contribution in [2.75, 3.05) is 0 Å². The molecule has 0 atom stereocenters. The van der Waals surface area contributed by atoms with E-state index in [-0.39, 0.29) is 5.41 Å². The first-order valence-electron chi connectivity index (χ1n) is 15.9. The monoisotopic (exact) mass is 539 g/mol. The highest BCUT2D eigenvalue weighted by molar-refractivity contribution is 6.06. The van der Waals surface area contributed by atoms with Gasteiger partial charge in [-0.3, -0.25) is 4.98 Å². The van der Waals surface area contributed by atoms with Gasteiger partial charge in [0.25, 0.3) is 0 Å². The van der Waals surface area contributed by atoms with Crippen molar-refractivity contribution >= 4 is 21.7 Å². The Hall–Kier alpha value is -4.23. The predicted molar refractivity (Wildman–Crippen MR) is 173 cm³/mol. The lowest BCUT2D eigenvalue weighted by Gasteiger charge is -2.61. The summed E-state index contributed by atoms with van der Waals surface area (Å²) in [4.78, 5) is 4.97. The van der Waals surface area contributed by atoms with Gasteiger partial charge < -0.3 is 0 Å². The average molecular weight is 540 g/mol. The van der Waals surface area contributed by atoms with Crippen LogP contribution in [0.1, 0.15) is 43.2 Å². The molecular weight excluding hydrogens is 506 g/mol. The molecule has 5 aliphatic rings. The highest BCUT2D eigenvalue weighted by Gasteiger charge is 2.61. The zero-order valence-electron chi connectivity index (χ0n) is 23.8. The van der Waals surface area contributed by atoms with E-state index in [1.165, 1.54) is 81.6 Å². The molecule has 5 aliphatic carbocycles. The molecule has 202 valence electrons. The van der Waals surface area contributed by atoms with Crippen LogP contribution in [-0.2, 0) is 5.41 Å². The van der Waals surface area contributed by atoms with Gasteiger partial charge in [-0.2, -0.15) is 0 Å². The van der Waals surface area contributed by atoms with Gasteiger partial charge in [0, 0.05) is 22.6 Å². The van der Waals surface area contributed by atoms with Gasteiger partial charge in [0.05, 0.1) is 5.52 Å². The molecule has 1 heteroatoms. The minimum Gasteiger partial charge on any atom is -0.256 e. The number of benzene rings is 5.